The molecule has 1 aromatic heterocycles. The van der Waals surface area contributed by atoms with Crippen molar-refractivity contribution in [2.45, 2.75) is 32.9 Å². The summed E-state index contributed by atoms with van der Waals surface area (Å²) in [5.41, 5.74) is 1.96. The topological polar surface area (TPSA) is 63.1 Å². The Hall–Kier alpha value is -2.51. The van der Waals surface area contributed by atoms with Crippen molar-refractivity contribution in [3.8, 4) is 0 Å². The quantitative estimate of drug-likeness (QED) is 0.805. The Labute approximate surface area is 139 Å². The van der Waals surface area contributed by atoms with Crippen LogP contribution in [0.2, 0.25) is 0 Å². The maximum Gasteiger partial charge on any atom is 0.317 e. The van der Waals surface area contributed by atoms with Crippen LogP contribution in [0.25, 0.3) is 0 Å². The number of alkyl halides is 2. The maximum atomic E-state index is 12.5. The minimum atomic E-state index is -2.53. The van der Waals surface area contributed by atoms with Gasteiger partial charge in [0.25, 0.3) is 6.43 Å². The summed E-state index contributed by atoms with van der Waals surface area (Å²) in [5, 5.41) is 6.72. The molecule has 130 valence electrons. The molecule has 0 spiro atoms. The molecule has 1 heterocycles. The van der Waals surface area contributed by atoms with E-state index >= 15 is 0 Å². The van der Waals surface area contributed by atoms with Gasteiger partial charge in [-0.3, -0.25) is 0 Å². The molecule has 8 heteroatoms. The second kappa shape index (κ2) is 8.95. The first-order valence-corrected chi connectivity index (χ1v) is 7.79. The molecule has 0 saturated heterocycles. The first-order valence-electron chi connectivity index (χ1n) is 7.79. The fourth-order valence-electron chi connectivity index (χ4n) is 2.27. The van der Waals surface area contributed by atoms with Gasteiger partial charge in [-0.15, -0.1) is 0 Å². The number of hydrogen-bond donors (Lipinski definition) is 1. The Bertz CT molecular complexity index is 616. The summed E-state index contributed by atoms with van der Waals surface area (Å²) < 4.78 is 26.7. The molecule has 0 aliphatic rings. The summed E-state index contributed by atoms with van der Waals surface area (Å²) in [7, 11) is 0. The zero-order valence-electron chi connectivity index (χ0n) is 13.5. The van der Waals surface area contributed by atoms with Crippen molar-refractivity contribution in [3.63, 3.8) is 0 Å². The third kappa shape index (κ3) is 5.60. The van der Waals surface area contributed by atoms with Crippen LogP contribution in [0.3, 0.4) is 0 Å². The van der Waals surface area contributed by atoms with Gasteiger partial charge in [0, 0.05) is 13.1 Å². The lowest BCUT2D eigenvalue weighted by atomic mass is 10.1. The standard InChI is InChI=1S/C16H21F2N5O/c1-2-7-22(10-15(17)18)16(24)20-8-13-3-5-14(6-4-13)9-23-12-19-11-21-23/h3-6,11-12,15H,2,7-10H2,1H3,(H,20,24). The largest absolute Gasteiger partial charge is 0.334 e. The number of carbonyl (C=O) groups is 1. The number of benzene rings is 1. The van der Waals surface area contributed by atoms with Crippen molar-refractivity contribution in [2.75, 3.05) is 13.1 Å². The first kappa shape index (κ1) is 17.8. The van der Waals surface area contributed by atoms with Gasteiger partial charge in [-0.05, 0) is 17.5 Å². The zero-order valence-corrected chi connectivity index (χ0v) is 13.5. The van der Waals surface area contributed by atoms with Gasteiger partial charge in [0.2, 0.25) is 0 Å². The van der Waals surface area contributed by atoms with E-state index in [1.54, 1.807) is 11.0 Å². The molecule has 0 aliphatic heterocycles. The number of amides is 2. The van der Waals surface area contributed by atoms with Crippen molar-refractivity contribution >= 4 is 6.03 Å². The summed E-state index contributed by atoms with van der Waals surface area (Å²) in [5.74, 6) is 0. The average Bonchev–Trinajstić information content (AvgIpc) is 3.06. The number of rotatable bonds is 8. The Morgan fingerprint density at radius 3 is 2.58 bits per heavy atom. The summed E-state index contributed by atoms with van der Waals surface area (Å²) in [4.78, 5) is 17.0. The molecule has 0 radical (unpaired) electrons. The first-order chi connectivity index (χ1) is 11.6. The number of hydrogen-bond acceptors (Lipinski definition) is 3. The molecule has 0 fully saturated rings. The third-order valence-electron chi connectivity index (χ3n) is 3.42. The zero-order chi connectivity index (χ0) is 17.4. The molecule has 2 rings (SSSR count). The number of aromatic nitrogens is 3. The van der Waals surface area contributed by atoms with Crippen LogP contribution in [-0.2, 0) is 13.1 Å². The minimum absolute atomic E-state index is 0.298. The molecule has 0 unspecified atom stereocenters. The Balaban J connectivity index is 1.85. The monoisotopic (exact) mass is 337 g/mol. The number of nitrogens with one attached hydrogen (secondary N) is 1. The van der Waals surface area contributed by atoms with Gasteiger partial charge in [-0.2, -0.15) is 5.10 Å². The molecule has 24 heavy (non-hydrogen) atoms. The third-order valence-corrected chi connectivity index (χ3v) is 3.42. The highest BCUT2D eigenvalue weighted by Gasteiger charge is 2.16. The Morgan fingerprint density at radius 2 is 2.00 bits per heavy atom. The molecular formula is C16H21F2N5O. The molecule has 0 bridgehead atoms. The summed E-state index contributed by atoms with van der Waals surface area (Å²) in [6.45, 7) is 2.53. The molecule has 1 aromatic carbocycles. The Morgan fingerprint density at radius 1 is 1.29 bits per heavy atom. The molecule has 2 aromatic rings. The van der Waals surface area contributed by atoms with E-state index in [9.17, 15) is 13.6 Å². The van der Waals surface area contributed by atoms with Gasteiger partial charge in [-0.25, -0.2) is 23.2 Å². The number of carbonyl (C=O) groups excluding carboxylic acids is 1. The number of urea groups is 1. The van der Waals surface area contributed by atoms with Gasteiger partial charge < -0.3 is 10.2 Å². The smallest absolute Gasteiger partial charge is 0.317 e. The SMILES string of the molecule is CCCN(CC(F)F)C(=O)NCc1ccc(Cn2cncn2)cc1. The lowest BCUT2D eigenvalue weighted by molar-refractivity contribution is 0.0982. The predicted octanol–water partition coefficient (Wildman–Crippen LogP) is 2.51. The van der Waals surface area contributed by atoms with Crippen LogP contribution in [0.4, 0.5) is 13.6 Å². The highest BCUT2D eigenvalue weighted by molar-refractivity contribution is 5.74. The fraction of sp³-hybridized carbons (Fsp3) is 0.438. The van der Waals surface area contributed by atoms with Gasteiger partial charge in [0.1, 0.15) is 12.7 Å². The second-order valence-electron chi connectivity index (χ2n) is 5.41. The van der Waals surface area contributed by atoms with Crippen LogP contribution >= 0.6 is 0 Å². The van der Waals surface area contributed by atoms with Gasteiger partial charge >= 0.3 is 6.03 Å². The van der Waals surface area contributed by atoms with Crippen LogP contribution in [-0.4, -0.2) is 45.2 Å². The van der Waals surface area contributed by atoms with Crippen LogP contribution in [0, 0.1) is 0 Å². The van der Waals surface area contributed by atoms with Crippen molar-refractivity contribution in [2.24, 2.45) is 0 Å². The number of halogens is 2. The highest BCUT2D eigenvalue weighted by Crippen LogP contribution is 2.07. The van der Waals surface area contributed by atoms with Gasteiger partial charge in [0.15, 0.2) is 0 Å². The highest BCUT2D eigenvalue weighted by atomic mass is 19.3. The second-order valence-corrected chi connectivity index (χ2v) is 5.41. The van der Waals surface area contributed by atoms with Crippen LogP contribution in [0.1, 0.15) is 24.5 Å². The average molecular weight is 337 g/mol. The minimum Gasteiger partial charge on any atom is -0.334 e. The molecule has 2 amide bonds. The van der Waals surface area contributed by atoms with E-state index in [0.717, 1.165) is 16.0 Å². The normalized spacial score (nSPS) is 10.8. The molecule has 0 aliphatic carbocycles. The van der Waals surface area contributed by atoms with Crippen molar-refractivity contribution < 1.29 is 13.6 Å². The van der Waals surface area contributed by atoms with E-state index in [1.165, 1.54) is 6.33 Å². The van der Waals surface area contributed by atoms with E-state index in [0.29, 0.717) is 26.1 Å². The van der Waals surface area contributed by atoms with Gasteiger partial charge in [-0.1, -0.05) is 31.2 Å². The van der Waals surface area contributed by atoms with E-state index in [1.807, 2.05) is 31.2 Å². The lowest BCUT2D eigenvalue weighted by Gasteiger charge is -2.22. The van der Waals surface area contributed by atoms with E-state index in [-0.39, 0.29) is 0 Å². The van der Waals surface area contributed by atoms with Crippen molar-refractivity contribution in [1.29, 1.82) is 0 Å². The Kier molecular flexibility index (Phi) is 6.65. The number of nitrogens with zero attached hydrogens (tertiary/aromatic N) is 4. The van der Waals surface area contributed by atoms with Gasteiger partial charge in [0.05, 0.1) is 13.1 Å². The lowest BCUT2D eigenvalue weighted by Crippen LogP contribution is -2.42. The summed E-state index contributed by atoms with van der Waals surface area (Å²) in [6.07, 6.45) is 1.22. The predicted molar refractivity (Wildman–Crippen MR) is 85.7 cm³/mol. The van der Waals surface area contributed by atoms with Crippen LogP contribution < -0.4 is 5.32 Å². The van der Waals surface area contributed by atoms with Crippen LogP contribution in [0.15, 0.2) is 36.9 Å². The van der Waals surface area contributed by atoms with E-state index in [4.69, 9.17) is 0 Å². The summed E-state index contributed by atoms with van der Waals surface area (Å²) in [6, 6.07) is 7.19. The summed E-state index contributed by atoms with van der Waals surface area (Å²) >= 11 is 0. The molecule has 0 atom stereocenters. The molecule has 0 saturated carbocycles. The molecule has 6 nitrogen and oxygen atoms in total. The van der Waals surface area contributed by atoms with Crippen molar-refractivity contribution in [1.82, 2.24) is 25.0 Å². The van der Waals surface area contributed by atoms with Crippen molar-refractivity contribution in [3.05, 3.63) is 48.0 Å². The van der Waals surface area contributed by atoms with E-state index < -0.39 is 19.0 Å². The maximum absolute atomic E-state index is 12.5. The molecular weight excluding hydrogens is 316 g/mol. The fourth-order valence-corrected chi connectivity index (χ4v) is 2.27. The molecule has 1 N–H and O–H groups in total. The van der Waals surface area contributed by atoms with Crippen LogP contribution in [0.5, 0.6) is 0 Å². The van der Waals surface area contributed by atoms with E-state index in [2.05, 4.69) is 15.4 Å².